The van der Waals surface area contributed by atoms with E-state index >= 15 is 0 Å². The van der Waals surface area contributed by atoms with Crippen LogP contribution in [-0.2, 0) is 17.6 Å². The number of carbonyl (C=O) groups is 1. The van der Waals surface area contributed by atoms with E-state index in [0.717, 1.165) is 38.5 Å². The van der Waals surface area contributed by atoms with Crippen molar-refractivity contribution >= 4 is 6.09 Å². The maximum absolute atomic E-state index is 11.3. The summed E-state index contributed by atoms with van der Waals surface area (Å²) in [6, 6.07) is 6.87. The lowest BCUT2D eigenvalue weighted by Crippen LogP contribution is -2.40. The highest BCUT2D eigenvalue weighted by molar-refractivity contribution is 5.70. The Morgan fingerprint density at radius 1 is 1.32 bits per heavy atom. The number of aryl methyl sites for hydroxylation is 1. The Morgan fingerprint density at radius 2 is 2.23 bits per heavy atom. The first-order valence-electron chi connectivity index (χ1n) is 8.35. The number of alkyl carbamates (subject to hydrolysis) is 1. The van der Waals surface area contributed by atoms with Crippen molar-refractivity contribution in [2.75, 3.05) is 13.2 Å². The lowest BCUT2D eigenvalue weighted by Gasteiger charge is -2.25. The molecule has 1 aliphatic heterocycles. The molecule has 4 rings (SSSR count). The quantitative estimate of drug-likeness (QED) is 0.882. The van der Waals surface area contributed by atoms with E-state index in [1.165, 1.54) is 16.7 Å². The molecule has 2 aliphatic carbocycles. The molecule has 1 aromatic rings. The molecule has 2 N–H and O–H groups in total. The number of hydrogen-bond acceptors (Lipinski definition) is 3. The van der Waals surface area contributed by atoms with E-state index in [2.05, 4.69) is 23.5 Å². The van der Waals surface area contributed by atoms with E-state index in [1.807, 2.05) is 0 Å². The van der Waals surface area contributed by atoms with Crippen LogP contribution in [0.5, 0.6) is 0 Å². The first-order chi connectivity index (χ1) is 10.7. The Bertz CT molecular complexity index is 600. The molecular formula is C18H23NO3. The predicted octanol–water partition coefficient (Wildman–Crippen LogP) is 2.53. The number of rotatable bonds is 2. The zero-order valence-corrected chi connectivity index (χ0v) is 12.8. The first kappa shape index (κ1) is 14.1. The zero-order chi connectivity index (χ0) is 15.2. The Labute approximate surface area is 130 Å². The van der Waals surface area contributed by atoms with Crippen molar-refractivity contribution in [1.29, 1.82) is 0 Å². The summed E-state index contributed by atoms with van der Waals surface area (Å²) in [5.41, 5.74) is 4.13. The topological polar surface area (TPSA) is 58.6 Å². The number of nitrogens with one attached hydrogen (secondary N) is 1. The molecule has 0 unspecified atom stereocenters. The van der Waals surface area contributed by atoms with Gasteiger partial charge in [0.25, 0.3) is 0 Å². The van der Waals surface area contributed by atoms with Crippen molar-refractivity contribution in [2.45, 2.75) is 50.0 Å². The molecule has 118 valence electrons. The van der Waals surface area contributed by atoms with Crippen molar-refractivity contribution in [3.8, 4) is 0 Å². The second-order valence-corrected chi connectivity index (χ2v) is 7.24. The minimum absolute atomic E-state index is 0.125. The summed E-state index contributed by atoms with van der Waals surface area (Å²) in [5, 5.41) is 12.4. The lowest BCUT2D eigenvalue weighted by atomic mass is 9.82. The first-order valence-corrected chi connectivity index (χ1v) is 8.35. The molecule has 3 atom stereocenters. The van der Waals surface area contributed by atoms with Crippen LogP contribution in [0.1, 0.15) is 48.3 Å². The highest BCUT2D eigenvalue weighted by Gasteiger charge is 2.46. The number of fused-ring (bicyclic) bond motifs is 1. The van der Waals surface area contributed by atoms with Gasteiger partial charge >= 0.3 is 6.09 Å². The Hall–Kier alpha value is -1.55. The minimum Gasteiger partial charge on any atom is -0.447 e. The zero-order valence-electron chi connectivity index (χ0n) is 12.8. The van der Waals surface area contributed by atoms with E-state index in [4.69, 9.17) is 4.74 Å². The van der Waals surface area contributed by atoms with E-state index in [9.17, 15) is 9.90 Å². The summed E-state index contributed by atoms with van der Waals surface area (Å²) < 4.78 is 5.12. The Balaban J connectivity index is 1.51. The Morgan fingerprint density at radius 3 is 3.00 bits per heavy atom. The average Bonchev–Trinajstić information content (AvgIpc) is 3.13. The summed E-state index contributed by atoms with van der Waals surface area (Å²) >= 11 is 0. The molecule has 0 bridgehead atoms. The van der Waals surface area contributed by atoms with Crippen LogP contribution >= 0.6 is 0 Å². The van der Waals surface area contributed by atoms with Gasteiger partial charge in [-0.25, -0.2) is 4.79 Å². The maximum Gasteiger partial charge on any atom is 0.407 e. The van der Waals surface area contributed by atoms with Gasteiger partial charge in [-0.05, 0) is 67.1 Å². The fourth-order valence-corrected chi connectivity index (χ4v) is 4.41. The largest absolute Gasteiger partial charge is 0.447 e. The molecule has 1 amide bonds. The van der Waals surface area contributed by atoms with Crippen LogP contribution in [-0.4, -0.2) is 30.0 Å². The molecule has 0 radical (unpaired) electrons. The van der Waals surface area contributed by atoms with Gasteiger partial charge in [0, 0.05) is 6.61 Å². The molecule has 4 nitrogen and oxygen atoms in total. The third-order valence-corrected chi connectivity index (χ3v) is 5.75. The van der Waals surface area contributed by atoms with Crippen LogP contribution in [0.15, 0.2) is 18.2 Å². The molecule has 1 spiro atoms. The minimum atomic E-state index is -0.263. The fourth-order valence-electron chi connectivity index (χ4n) is 4.41. The van der Waals surface area contributed by atoms with Crippen molar-refractivity contribution in [3.63, 3.8) is 0 Å². The van der Waals surface area contributed by atoms with Gasteiger partial charge in [-0.15, -0.1) is 0 Å². The van der Waals surface area contributed by atoms with Gasteiger partial charge in [0.15, 0.2) is 0 Å². The van der Waals surface area contributed by atoms with Crippen LogP contribution in [0, 0.1) is 5.92 Å². The smallest absolute Gasteiger partial charge is 0.407 e. The van der Waals surface area contributed by atoms with Crippen LogP contribution in [0.4, 0.5) is 4.79 Å². The second-order valence-electron chi connectivity index (χ2n) is 7.24. The maximum atomic E-state index is 11.3. The van der Waals surface area contributed by atoms with Gasteiger partial charge in [0.2, 0.25) is 0 Å². The molecule has 22 heavy (non-hydrogen) atoms. The van der Waals surface area contributed by atoms with Crippen molar-refractivity contribution < 1.29 is 14.6 Å². The molecule has 1 saturated heterocycles. The molecule has 1 aromatic carbocycles. The van der Waals surface area contributed by atoms with Gasteiger partial charge in [-0.3, -0.25) is 0 Å². The normalized spacial score (nSPS) is 33.6. The molecule has 0 aromatic heterocycles. The van der Waals surface area contributed by atoms with Crippen molar-refractivity contribution in [1.82, 2.24) is 5.32 Å². The van der Waals surface area contributed by atoms with E-state index in [0.29, 0.717) is 25.0 Å². The summed E-state index contributed by atoms with van der Waals surface area (Å²) in [5.74, 6) is 0.946. The Kier molecular flexibility index (Phi) is 3.37. The van der Waals surface area contributed by atoms with Crippen molar-refractivity contribution in [2.24, 2.45) is 5.92 Å². The van der Waals surface area contributed by atoms with Crippen LogP contribution in [0.25, 0.3) is 0 Å². The number of aliphatic hydroxyl groups excluding tert-OH is 1. The molecule has 3 aliphatic rings. The number of ether oxygens (including phenoxy) is 1. The number of benzene rings is 1. The third kappa shape index (κ3) is 2.39. The molecule has 1 saturated carbocycles. The summed E-state index contributed by atoms with van der Waals surface area (Å²) in [7, 11) is 0. The molecular weight excluding hydrogens is 278 g/mol. The predicted molar refractivity (Wildman–Crippen MR) is 82.8 cm³/mol. The molecule has 1 heterocycles. The van der Waals surface area contributed by atoms with E-state index < -0.39 is 0 Å². The van der Waals surface area contributed by atoms with Gasteiger partial charge in [-0.2, -0.15) is 0 Å². The SMILES string of the molecule is O=C1N[C@@]2(CC[C@H](c3ccc4c(c3)CC[C@@H](CO)C4)C2)CO1. The third-order valence-electron chi connectivity index (χ3n) is 5.75. The standard InChI is InChI=1S/C18H23NO3/c20-10-12-1-2-14-8-15(4-3-13(14)7-12)16-5-6-18(9-16)11-22-17(21)19-18/h3-4,8,12,16,20H,1-2,5-7,9-11H2,(H,19,21)/t12-,16+,18-/m1/s1. The lowest BCUT2D eigenvalue weighted by molar-refractivity contribution is 0.172. The highest BCUT2D eigenvalue weighted by Crippen LogP contribution is 2.43. The van der Waals surface area contributed by atoms with Gasteiger partial charge in [-0.1, -0.05) is 18.2 Å². The van der Waals surface area contributed by atoms with E-state index in [-0.39, 0.29) is 11.6 Å². The van der Waals surface area contributed by atoms with Crippen molar-refractivity contribution in [3.05, 3.63) is 34.9 Å². The van der Waals surface area contributed by atoms with Crippen LogP contribution < -0.4 is 5.32 Å². The van der Waals surface area contributed by atoms with Gasteiger partial charge < -0.3 is 15.2 Å². The molecule has 4 heteroatoms. The molecule has 2 fully saturated rings. The van der Waals surface area contributed by atoms with Crippen LogP contribution in [0.3, 0.4) is 0 Å². The van der Waals surface area contributed by atoms with E-state index in [1.54, 1.807) is 0 Å². The second kappa shape index (κ2) is 5.27. The fraction of sp³-hybridized carbons (Fsp3) is 0.611. The van der Waals surface area contributed by atoms with Gasteiger partial charge in [0.1, 0.15) is 6.61 Å². The van der Waals surface area contributed by atoms with Gasteiger partial charge in [0.05, 0.1) is 5.54 Å². The summed E-state index contributed by atoms with van der Waals surface area (Å²) in [4.78, 5) is 11.3. The highest BCUT2D eigenvalue weighted by atomic mass is 16.6. The number of cyclic esters (lactones) is 1. The monoisotopic (exact) mass is 301 g/mol. The number of amides is 1. The number of carbonyl (C=O) groups excluding carboxylic acids is 1. The average molecular weight is 301 g/mol. The summed E-state index contributed by atoms with van der Waals surface area (Å²) in [6.45, 7) is 0.817. The van der Waals surface area contributed by atoms with Crippen LogP contribution in [0.2, 0.25) is 0 Å². The number of hydrogen-bond donors (Lipinski definition) is 2. The summed E-state index contributed by atoms with van der Waals surface area (Å²) in [6.07, 6.45) is 6.01. The number of aliphatic hydroxyl groups is 1.